The van der Waals surface area contributed by atoms with Crippen LogP contribution in [0.2, 0.25) is 0 Å². The number of thiol groups is 1. The zero-order valence-corrected chi connectivity index (χ0v) is 16.9. The zero-order valence-electron chi connectivity index (χ0n) is 16.0. The summed E-state index contributed by atoms with van der Waals surface area (Å²) >= 11 is 3.95. The van der Waals surface area contributed by atoms with Crippen molar-refractivity contribution in [2.45, 2.75) is 57.8 Å². The summed E-state index contributed by atoms with van der Waals surface area (Å²) < 4.78 is 0. The number of nitrogens with one attached hydrogen (secondary N) is 3. The van der Waals surface area contributed by atoms with Crippen LogP contribution in [0.5, 0.6) is 0 Å². The molecule has 0 aromatic heterocycles. The first kappa shape index (κ1) is 25.7. The summed E-state index contributed by atoms with van der Waals surface area (Å²) in [6.07, 6.45) is -0.648. The number of carboxylic acids is 2. The van der Waals surface area contributed by atoms with Crippen molar-refractivity contribution in [3.8, 4) is 0 Å². The number of carbonyl (C=O) groups is 5. The van der Waals surface area contributed by atoms with Crippen LogP contribution in [0.4, 0.5) is 0 Å². The Morgan fingerprint density at radius 1 is 0.857 bits per heavy atom. The molecule has 0 fully saturated rings. The lowest BCUT2D eigenvalue weighted by atomic mass is 10.0. The zero-order chi connectivity index (χ0) is 22.0. The quantitative estimate of drug-likeness (QED) is 0.182. The van der Waals surface area contributed by atoms with Gasteiger partial charge in [0.1, 0.15) is 18.1 Å². The van der Waals surface area contributed by atoms with Crippen LogP contribution in [0.3, 0.4) is 0 Å². The molecule has 0 aromatic carbocycles. The maximum atomic E-state index is 12.4. The molecule has 3 amide bonds. The van der Waals surface area contributed by atoms with Gasteiger partial charge in [0, 0.05) is 5.75 Å². The van der Waals surface area contributed by atoms with E-state index in [1.165, 1.54) is 6.92 Å². The fraction of sp³-hybridized carbons (Fsp3) is 0.688. The summed E-state index contributed by atoms with van der Waals surface area (Å²) in [7, 11) is 0. The molecule has 0 saturated carbocycles. The van der Waals surface area contributed by atoms with Crippen molar-refractivity contribution in [1.82, 2.24) is 16.0 Å². The van der Waals surface area contributed by atoms with Gasteiger partial charge in [-0.05, 0) is 19.3 Å². The summed E-state index contributed by atoms with van der Waals surface area (Å²) in [4.78, 5) is 58.7. The Balaban J connectivity index is 5.25. The number of rotatable bonds is 12. The molecule has 4 atom stereocenters. The third kappa shape index (κ3) is 9.55. The molecule has 7 N–H and O–H groups in total. The van der Waals surface area contributed by atoms with Crippen LogP contribution in [-0.2, 0) is 24.0 Å². The van der Waals surface area contributed by atoms with Gasteiger partial charge in [0.05, 0.1) is 12.5 Å². The molecule has 12 heteroatoms. The summed E-state index contributed by atoms with van der Waals surface area (Å²) in [5.41, 5.74) is 5.41. The SMILES string of the molecule is CC(C)CC(NC(=O)C(CC(=O)O)NC(=O)C(CS)NC(=O)C(C)N)C(=O)O. The van der Waals surface area contributed by atoms with E-state index in [-0.39, 0.29) is 18.1 Å². The van der Waals surface area contributed by atoms with Gasteiger partial charge in [-0.1, -0.05) is 13.8 Å². The van der Waals surface area contributed by atoms with Crippen LogP contribution in [0.1, 0.15) is 33.6 Å². The fourth-order valence-corrected chi connectivity index (χ4v) is 2.38. The second kappa shape index (κ2) is 12.2. The highest BCUT2D eigenvalue weighted by Crippen LogP contribution is 2.06. The second-order valence-electron chi connectivity index (χ2n) is 6.72. The lowest BCUT2D eigenvalue weighted by molar-refractivity contribution is -0.144. The van der Waals surface area contributed by atoms with Crippen molar-refractivity contribution in [3.05, 3.63) is 0 Å². The van der Waals surface area contributed by atoms with E-state index in [1.54, 1.807) is 13.8 Å². The minimum Gasteiger partial charge on any atom is -0.481 e. The highest BCUT2D eigenvalue weighted by atomic mass is 32.1. The molecular weight excluding hydrogens is 392 g/mol. The Morgan fingerprint density at radius 2 is 1.32 bits per heavy atom. The maximum absolute atomic E-state index is 12.4. The molecule has 0 saturated heterocycles. The number of amides is 3. The average Bonchev–Trinajstić information content (AvgIpc) is 2.56. The summed E-state index contributed by atoms with van der Waals surface area (Å²) in [5, 5.41) is 25.0. The van der Waals surface area contributed by atoms with Gasteiger partial charge < -0.3 is 31.9 Å². The molecule has 0 radical (unpaired) electrons. The first-order valence-electron chi connectivity index (χ1n) is 8.61. The molecule has 4 unspecified atom stereocenters. The second-order valence-corrected chi connectivity index (χ2v) is 7.09. The predicted octanol–water partition coefficient (Wildman–Crippen LogP) is -1.68. The molecule has 0 aliphatic carbocycles. The van der Waals surface area contributed by atoms with E-state index >= 15 is 0 Å². The molecule has 0 heterocycles. The van der Waals surface area contributed by atoms with Crippen LogP contribution in [0, 0.1) is 5.92 Å². The molecular formula is C16H28N4O7S. The third-order valence-electron chi connectivity index (χ3n) is 3.56. The van der Waals surface area contributed by atoms with Crippen molar-refractivity contribution in [2.24, 2.45) is 11.7 Å². The van der Waals surface area contributed by atoms with E-state index in [0.717, 1.165) is 0 Å². The molecule has 0 aromatic rings. The Labute approximate surface area is 168 Å². The number of hydrogen-bond donors (Lipinski definition) is 7. The molecule has 0 bridgehead atoms. The minimum absolute atomic E-state index is 0.0454. The Bertz CT molecular complexity index is 598. The monoisotopic (exact) mass is 420 g/mol. The standard InChI is InChI=1S/C16H28N4O7S/c1-7(2)4-10(16(26)27)19-14(24)9(5-12(21)22)18-15(25)11(6-28)20-13(23)8(3)17/h7-11,28H,4-6,17H2,1-3H3,(H,18,25)(H,19,24)(H,20,23)(H,21,22)(H,26,27). The third-order valence-corrected chi connectivity index (χ3v) is 3.93. The Hall–Kier alpha value is -2.34. The first-order valence-corrected chi connectivity index (χ1v) is 9.24. The maximum Gasteiger partial charge on any atom is 0.326 e. The smallest absolute Gasteiger partial charge is 0.326 e. The normalized spacial score (nSPS) is 15.1. The lowest BCUT2D eigenvalue weighted by Gasteiger charge is -2.24. The Kier molecular flexibility index (Phi) is 11.2. The van der Waals surface area contributed by atoms with E-state index < -0.39 is 60.2 Å². The topological polar surface area (TPSA) is 188 Å². The molecule has 160 valence electrons. The van der Waals surface area contributed by atoms with Gasteiger partial charge >= 0.3 is 11.9 Å². The van der Waals surface area contributed by atoms with Gasteiger partial charge in [0.25, 0.3) is 0 Å². The van der Waals surface area contributed by atoms with E-state index in [0.29, 0.717) is 0 Å². The van der Waals surface area contributed by atoms with E-state index in [2.05, 4.69) is 28.6 Å². The molecule has 28 heavy (non-hydrogen) atoms. The fourth-order valence-electron chi connectivity index (χ4n) is 2.12. The van der Waals surface area contributed by atoms with Crippen LogP contribution in [-0.4, -0.2) is 69.8 Å². The summed E-state index contributed by atoms with van der Waals surface area (Å²) in [6, 6.07) is -4.81. The van der Waals surface area contributed by atoms with Gasteiger partial charge in [-0.15, -0.1) is 0 Å². The molecule has 11 nitrogen and oxygen atoms in total. The first-order chi connectivity index (χ1) is 12.9. The summed E-state index contributed by atoms with van der Waals surface area (Å²) in [6.45, 7) is 4.93. The number of nitrogens with two attached hydrogens (primary N) is 1. The largest absolute Gasteiger partial charge is 0.481 e. The van der Waals surface area contributed by atoms with E-state index in [4.69, 9.17) is 10.8 Å². The highest BCUT2D eigenvalue weighted by molar-refractivity contribution is 7.80. The van der Waals surface area contributed by atoms with Gasteiger partial charge in [-0.2, -0.15) is 12.6 Å². The van der Waals surface area contributed by atoms with Gasteiger partial charge in [-0.3, -0.25) is 19.2 Å². The van der Waals surface area contributed by atoms with Crippen LogP contribution in [0.25, 0.3) is 0 Å². The van der Waals surface area contributed by atoms with Crippen LogP contribution >= 0.6 is 12.6 Å². The number of carboxylic acid groups (broad SMARTS) is 2. The molecule has 0 spiro atoms. The van der Waals surface area contributed by atoms with Gasteiger partial charge in [0.2, 0.25) is 17.7 Å². The van der Waals surface area contributed by atoms with E-state index in [1.807, 2.05) is 0 Å². The van der Waals surface area contributed by atoms with E-state index in [9.17, 15) is 29.1 Å². The number of carbonyl (C=O) groups excluding carboxylic acids is 3. The predicted molar refractivity (Wildman–Crippen MR) is 103 cm³/mol. The summed E-state index contributed by atoms with van der Waals surface area (Å²) in [5.74, 6) is -5.26. The minimum atomic E-state index is -1.53. The molecule has 0 rings (SSSR count). The molecule has 0 aliphatic rings. The van der Waals surface area contributed by atoms with Crippen LogP contribution in [0.15, 0.2) is 0 Å². The molecule has 0 aliphatic heterocycles. The average molecular weight is 420 g/mol. The highest BCUT2D eigenvalue weighted by Gasteiger charge is 2.31. The van der Waals surface area contributed by atoms with Crippen molar-refractivity contribution < 1.29 is 34.2 Å². The van der Waals surface area contributed by atoms with Gasteiger partial charge in [0.15, 0.2) is 0 Å². The lowest BCUT2D eigenvalue weighted by Crippen LogP contribution is -2.57. The number of aliphatic carboxylic acids is 2. The van der Waals surface area contributed by atoms with Crippen molar-refractivity contribution in [3.63, 3.8) is 0 Å². The Morgan fingerprint density at radius 3 is 1.71 bits per heavy atom. The number of hydrogen-bond acceptors (Lipinski definition) is 7. The van der Waals surface area contributed by atoms with Crippen molar-refractivity contribution in [1.29, 1.82) is 0 Å². The van der Waals surface area contributed by atoms with Crippen LogP contribution < -0.4 is 21.7 Å². The van der Waals surface area contributed by atoms with Gasteiger partial charge in [-0.25, -0.2) is 4.79 Å². The van der Waals surface area contributed by atoms with Crippen molar-refractivity contribution in [2.75, 3.05) is 5.75 Å². The van der Waals surface area contributed by atoms with Crippen molar-refractivity contribution >= 4 is 42.3 Å².